The second-order valence-electron chi connectivity index (χ2n) is 5.93. The van der Waals surface area contributed by atoms with Crippen LogP contribution >= 0.6 is 0 Å². The maximum absolute atomic E-state index is 13.3. The maximum Gasteiger partial charge on any atom is 0.433 e. The van der Waals surface area contributed by atoms with E-state index in [4.69, 9.17) is 0 Å². The Morgan fingerprint density at radius 1 is 1.36 bits per heavy atom. The number of hydrogen-bond donors (Lipinski definition) is 1. The Kier molecular flexibility index (Phi) is 4.13. The molecule has 3 rings (SSSR count). The molecule has 1 fully saturated rings. The number of halogens is 3. The number of aryl methyl sites for hydroxylation is 2. The summed E-state index contributed by atoms with van der Waals surface area (Å²) in [6.45, 7) is 1.96. The van der Waals surface area contributed by atoms with E-state index in [0.29, 0.717) is 30.6 Å². The average Bonchev–Trinajstić information content (AvgIpc) is 3.12. The fourth-order valence-electron chi connectivity index (χ4n) is 2.96. The van der Waals surface area contributed by atoms with Gasteiger partial charge in [-0.2, -0.15) is 18.3 Å². The highest BCUT2D eigenvalue weighted by Crippen LogP contribution is 2.34. The van der Waals surface area contributed by atoms with E-state index in [1.54, 1.807) is 20.2 Å². The van der Waals surface area contributed by atoms with Crippen LogP contribution in [0.25, 0.3) is 11.3 Å². The molecule has 1 saturated heterocycles. The summed E-state index contributed by atoms with van der Waals surface area (Å²) >= 11 is 0. The Morgan fingerprint density at radius 3 is 2.64 bits per heavy atom. The molecule has 10 heteroatoms. The second kappa shape index (κ2) is 6.01. The van der Waals surface area contributed by atoms with Gasteiger partial charge in [0.15, 0.2) is 5.69 Å². The number of rotatable bonds is 3. The van der Waals surface area contributed by atoms with Crippen molar-refractivity contribution >= 4 is 11.9 Å². The van der Waals surface area contributed by atoms with E-state index in [9.17, 15) is 23.1 Å². The highest BCUT2D eigenvalue weighted by molar-refractivity contribution is 5.78. The highest BCUT2D eigenvalue weighted by Gasteiger charge is 2.37. The van der Waals surface area contributed by atoms with Crippen molar-refractivity contribution in [2.24, 2.45) is 7.05 Å². The molecule has 1 aliphatic heterocycles. The lowest BCUT2D eigenvalue weighted by atomic mass is 10.1. The maximum atomic E-state index is 13.3. The molecular weight excluding hydrogens is 339 g/mol. The predicted octanol–water partition coefficient (Wildman–Crippen LogP) is 2.26. The average molecular weight is 355 g/mol. The molecule has 3 heterocycles. The monoisotopic (exact) mass is 355 g/mol. The van der Waals surface area contributed by atoms with E-state index in [0.717, 1.165) is 6.07 Å². The van der Waals surface area contributed by atoms with Crippen molar-refractivity contribution in [3.63, 3.8) is 0 Å². The van der Waals surface area contributed by atoms with Crippen LogP contribution in [0.4, 0.5) is 19.1 Å². The number of hydrogen-bond acceptors (Lipinski definition) is 5. The van der Waals surface area contributed by atoms with Gasteiger partial charge in [-0.15, -0.1) is 0 Å². The van der Waals surface area contributed by atoms with Crippen LogP contribution < -0.4 is 4.90 Å². The van der Waals surface area contributed by atoms with E-state index < -0.39 is 23.9 Å². The summed E-state index contributed by atoms with van der Waals surface area (Å²) in [7, 11) is 1.66. The topological polar surface area (TPSA) is 84.1 Å². The van der Waals surface area contributed by atoms with E-state index in [-0.39, 0.29) is 11.6 Å². The van der Waals surface area contributed by atoms with Crippen molar-refractivity contribution in [1.82, 2.24) is 19.7 Å². The zero-order valence-electron chi connectivity index (χ0n) is 13.6. The largest absolute Gasteiger partial charge is 0.480 e. The minimum atomic E-state index is -4.67. The third-order valence-corrected chi connectivity index (χ3v) is 4.09. The number of aliphatic carboxylic acids is 1. The Bertz CT molecular complexity index is 818. The molecule has 0 spiro atoms. The number of aromatic nitrogens is 4. The van der Waals surface area contributed by atoms with E-state index in [2.05, 4.69) is 15.1 Å². The van der Waals surface area contributed by atoms with Gasteiger partial charge in [-0.3, -0.25) is 4.68 Å². The first kappa shape index (κ1) is 17.2. The van der Waals surface area contributed by atoms with Gasteiger partial charge in [-0.1, -0.05) is 0 Å². The fraction of sp³-hybridized carbons (Fsp3) is 0.467. The summed E-state index contributed by atoms with van der Waals surface area (Å²) in [5.74, 6) is -1.32. The number of anilines is 1. The minimum Gasteiger partial charge on any atom is -0.480 e. The van der Waals surface area contributed by atoms with Crippen LogP contribution in [-0.4, -0.2) is 43.4 Å². The summed E-state index contributed by atoms with van der Waals surface area (Å²) < 4.78 is 41.3. The first-order valence-corrected chi connectivity index (χ1v) is 7.63. The molecule has 2 aromatic heterocycles. The normalized spacial score (nSPS) is 18.0. The lowest BCUT2D eigenvalue weighted by Crippen LogP contribution is -2.37. The van der Waals surface area contributed by atoms with Crippen LogP contribution in [0.1, 0.15) is 24.2 Å². The van der Waals surface area contributed by atoms with Gasteiger partial charge in [0.1, 0.15) is 6.04 Å². The molecule has 1 atom stereocenters. The zero-order chi connectivity index (χ0) is 18.4. The van der Waals surface area contributed by atoms with Crippen LogP contribution in [0, 0.1) is 6.92 Å². The van der Waals surface area contributed by atoms with Gasteiger partial charge in [-0.25, -0.2) is 14.8 Å². The van der Waals surface area contributed by atoms with Crippen molar-refractivity contribution in [1.29, 1.82) is 0 Å². The Hall–Kier alpha value is -2.65. The first-order valence-electron chi connectivity index (χ1n) is 7.63. The molecule has 1 N–H and O–H groups in total. The Balaban J connectivity index is 2.14. The van der Waals surface area contributed by atoms with E-state index >= 15 is 0 Å². The molecule has 0 saturated carbocycles. The van der Waals surface area contributed by atoms with Crippen LogP contribution in [0.5, 0.6) is 0 Å². The highest BCUT2D eigenvalue weighted by atomic mass is 19.4. The summed E-state index contributed by atoms with van der Waals surface area (Å²) in [6.07, 6.45) is -2.20. The molecule has 0 bridgehead atoms. The van der Waals surface area contributed by atoms with Gasteiger partial charge < -0.3 is 10.0 Å². The standard InChI is InChI=1S/C15H16F3N5O2/c1-8-9(7-22(2)21-8)10-6-12(15(16,17)18)20-14(19-10)23-5-3-4-11(23)13(24)25/h6-7,11H,3-5H2,1-2H3,(H,24,25)/t11-/m0/s1. The zero-order valence-corrected chi connectivity index (χ0v) is 13.6. The second-order valence-corrected chi connectivity index (χ2v) is 5.93. The van der Waals surface area contributed by atoms with Crippen LogP contribution in [0.2, 0.25) is 0 Å². The number of nitrogens with zero attached hydrogens (tertiary/aromatic N) is 5. The van der Waals surface area contributed by atoms with E-state index in [1.165, 1.54) is 9.58 Å². The predicted molar refractivity (Wildman–Crippen MR) is 82.0 cm³/mol. The molecular formula is C15H16F3N5O2. The van der Waals surface area contributed by atoms with Crippen LogP contribution in [-0.2, 0) is 18.0 Å². The third-order valence-electron chi connectivity index (χ3n) is 4.09. The van der Waals surface area contributed by atoms with E-state index in [1.807, 2.05) is 0 Å². The van der Waals surface area contributed by atoms with Crippen molar-refractivity contribution in [2.75, 3.05) is 11.4 Å². The molecule has 7 nitrogen and oxygen atoms in total. The summed E-state index contributed by atoms with van der Waals surface area (Å²) in [5.41, 5.74) is -0.0649. The molecule has 1 aliphatic rings. The minimum absolute atomic E-state index is 0.0685. The van der Waals surface area contributed by atoms with Gasteiger partial charge >= 0.3 is 12.1 Å². The summed E-state index contributed by atoms with van der Waals surface area (Å²) in [6, 6.07) is -0.0642. The van der Waals surface area contributed by atoms with Crippen molar-refractivity contribution in [3.05, 3.63) is 23.7 Å². The Morgan fingerprint density at radius 2 is 2.08 bits per heavy atom. The lowest BCUT2D eigenvalue weighted by Gasteiger charge is -2.22. The number of carboxylic acids is 1. The summed E-state index contributed by atoms with van der Waals surface area (Å²) in [4.78, 5) is 20.4. The van der Waals surface area contributed by atoms with Crippen molar-refractivity contribution in [2.45, 2.75) is 32.0 Å². The van der Waals surface area contributed by atoms with Gasteiger partial charge in [0.2, 0.25) is 5.95 Å². The SMILES string of the molecule is Cc1nn(C)cc1-c1cc(C(F)(F)F)nc(N2CCC[C@H]2C(=O)O)n1. The van der Waals surface area contributed by atoms with Gasteiger partial charge in [0.25, 0.3) is 0 Å². The smallest absolute Gasteiger partial charge is 0.433 e. The molecule has 25 heavy (non-hydrogen) atoms. The van der Waals surface area contributed by atoms with Gasteiger partial charge in [-0.05, 0) is 25.8 Å². The number of carboxylic acid groups (broad SMARTS) is 1. The molecule has 0 radical (unpaired) electrons. The van der Waals surface area contributed by atoms with Crippen molar-refractivity contribution < 1.29 is 23.1 Å². The first-order chi connectivity index (χ1) is 11.7. The molecule has 134 valence electrons. The van der Waals surface area contributed by atoms with Gasteiger partial charge in [0, 0.05) is 25.4 Å². The molecule has 0 aromatic carbocycles. The number of alkyl halides is 3. The molecule has 0 amide bonds. The quantitative estimate of drug-likeness (QED) is 0.909. The van der Waals surface area contributed by atoms with Crippen LogP contribution in [0.15, 0.2) is 12.3 Å². The Labute approximate surface area is 141 Å². The van der Waals surface area contributed by atoms with Gasteiger partial charge in [0.05, 0.1) is 11.4 Å². The van der Waals surface area contributed by atoms with Crippen LogP contribution in [0.3, 0.4) is 0 Å². The molecule has 0 aliphatic carbocycles. The lowest BCUT2D eigenvalue weighted by molar-refractivity contribution is -0.141. The third kappa shape index (κ3) is 3.28. The van der Waals surface area contributed by atoms with Crippen molar-refractivity contribution in [3.8, 4) is 11.3 Å². The fourth-order valence-corrected chi connectivity index (χ4v) is 2.96. The molecule has 2 aromatic rings. The number of carbonyl (C=O) groups is 1. The molecule has 0 unspecified atom stereocenters. The summed E-state index contributed by atoms with van der Waals surface area (Å²) in [5, 5.41) is 13.4.